The predicted molar refractivity (Wildman–Crippen MR) is 81.6 cm³/mol. The predicted octanol–water partition coefficient (Wildman–Crippen LogP) is 3.09. The highest BCUT2D eigenvalue weighted by atomic mass is 16.6. The van der Waals surface area contributed by atoms with Crippen LogP contribution >= 0.6 is 0 Å². The molecule has 0 atom stereocenters. The van der Waals surface area contributed by atoms with Crippen molar-refractivity contribution in [2.24, 2.45) is 0 Å². The maximum Gasteiger partial charge on any atom is 0.292 e. The Labute approximate surface area is 124 Å². The van der Waals surface area contributed by atoms with Crippen LogP contribution in [0.5, 0.6) is 0 Å². The highest BCUT2D eigenvalue weighted by molar-refractivity contribution is 5.96. The highest BCUT2D eigenvalue weighted by Gasteiger charge is 2.19. The molecular weight excluding hydrogens is 270 g/mol. The van der Waals surface area contributed by atoms with Gasteiger partial charge in [-0.15, -0.1) is 0 Å². The van der Waals surface area contributed by atoms with E-state index in [4.69, 9.17) is 0 Å². The SMILES string of the molecule is CNc1cc(C(=O)NC2CCCCCC2)ccc1[N+](=O)[O-]. The summed E-state index contributed by atoms with van der Waals surface area (Å²) in [5.41, 5.74) is 0.784. The first-order valence-corrected chi connectivity index (χ1v) is 7.39. The molecule has 1 amide bonds. The molecule has 1 fully saturated rings. The van der Waals surface area contributed by atoms with Gasteiger partial charge in [0.25, 0.3) is 11.6 Å². The summed E-state index contributed by atoms with van der Waals surface area (Å²) in [5.74, 6) is -0.159. The number of anilines is 1. The van der Waals surface area contributed by atoms with Crippen molar-refractivity contribution in [3.63, 3.8) is 0 Å². The monoisotopic (exact) mass is 291 g/mol. The summed E-state index contributed by atoms with van der Waals surface area (Å²) in [6.07, 6.45) is 6.77. The van der Waals surface area contributed by atoms with Gasteiger partial charge in [-0.05, 0) is 25.0 Å². The van der Waals surface area contributed by atoms with Crippen molar-refractivity contribution in [1.29, 1.82) is 0 Å². The van der Waals surface area contributed by atoms with Crippen LogP contribution in [0.15, 0.2) is 18.2 Å². The van der Waals surface area contributed by atoms with E-state index in [9.17, 15) is 14.9 Å². The van der Waals surface area contributed by atoms with Crippen LogP contribution in [0.1, 0.15) is 48.9 Å². The average Bonchev–Trinajstić information content (AvgIpc) is 2.75. The summed E-state index contributed by atoms with van der Waals surface area (Å²) in [6, 6.07) is 4.62. The van der Waals surface area contributed by atoms with Crippen LogP contribution in [0.25, 0.3) is 0 Å². The number of hydrogen-bond acceptors (Lipinski definition) is 4. The molecule has 1 aliphatic rings. The molecule has 0 aliphatic heterocycles. The van der Waals surface area contributed by atoms with E-state index in [0.717, 1.165) is 25.7 Å². The fourth-order valence-electron chi connectivity index (χ4n) is 2.73. The van der Waals surface area contributed by atoms with Crippen LogP contribution in [-0.4, -0.2) is 23.9 Å². The van der Waals surface area contributed by atoms with Gasteiger partial charge < -0.3 is 10.6 Å². The lowest BCUT2D eigenvalue weighted by Gasteiger charge is -2.16. The van der Waals surface area contributed by atoms with E-state index in [1.807, 2.05) is 0 Å². The molecule has 0 unspecified atom stereocenters. The third kappa shape index (κ3) is 3.93. The zero-order valence-electron chi connectivity index (χ0n) is 12.2. The van der Waals surface area contributed by atoms with Gasteiger partial charge >= 0.3 is 0 Å². The van der Waals surface area contributed by atoms with Crippen molar-refractivity contribution in [3.8, 4) is 0 Å². The smallest absolute Gasteiger partial charge is 0.292 e. The molecule has 0 bridgehead atoms. The fraction of sp³-hybridized carbons (Fsp3) is 0.533. The zero-order chi connectivity index (χ0) is 15.2. The Morgan fingerprint density at radius 3 is 2.48 bits per heavy atom. The topological polar surface area (TPSA) is 84.3 Å². The molecule has 0 spiro atoms. The van der Waals surface area contributed by atoms with Gasteiger partial charge in [-0.3, -0.25) is 14.9 Å². The Morgan fingerprint density at radius 1 is 1.24 bits per heavy atom. The van der Waals surface area contributed by atoms with Crippen LogP contribution in [0.4, 0.5) is 11.4 Å². The minimum Gasteiger partial charge on any atom is -0.383 e. The number of benzene rings is 1. The summed E-state index contributed by atoms with van der Waals surface area (Å²) in [6.45, 7) is 0. The molecule has 1 saturated carbocycles. The van der Waals surface area contributed by atoms with E-state index in [1.165, 1.54) is 31.0 Å². The summed E-state index contributed by atoms with van der Waals surface area (Å²) in [4.78, 5) is 22.7. The van der Waals surface area contributed by atoms with Crippen LogP contribution in [0, 0.1) is 10.1 Å². The van der Waals surface area contributed by atoms with E-state index in [1.54, 1.807) is 7.05 Å². The van der Waals surface area contributed by atoms with Gasteiger partial charge in [-0.25, -0.2) is 0 Å². The summed E-state index contributed by atoms with van der Waals surface area (Å²) >= 11 is 0. The molecular formula is C15H21N3O3. The van der Waals surface area contributed by atoms with E-state index in [2.05, 4.69) is 10.6 Å². The van der Waals surface area contributed by atoms with Crippen LogP contribution in [0.2, 0.25) is 0 Å². The van der Waals surface area contributed by atoms with E-state index in [-0.39, 0.29) is 17.6 Å². The number of nitrogens with zero attached hydrogens (tertiary/aromatic N) is 1. The number of nitrogens with one attached hydrogen (secondary N) is 2. The fourth-order valence-corrected chi connectivity index (χ4v) is 2.73. The Morgan fingerprint density at radius 2 is 1.90 bits per heavy atom. The van der Waals surface area contributed by atoms with E-state index >= 15 is 0 Å². The number of rotatable bonds is 4. The molecule has 114 valence electrons. The first-order chi connectivity index (χ1) is 10.1. The van der Waals surface area contributed by atoms with E-state index < -0.39 is 4.92 Å². The molecule has 6 nitrogen and oxygen atoms in total. The second kappa shape index (κ2) is 7.06. The maximum atomic E-state index is 12.3. The minimum atomic E-state index is -0.460. The van der Waals surface area contributed by atoms with Gasteiger partial charge in [0.15, 0.2) is 0 Å². The first kappa shape index (κ1) is 15.3. The van der Waals surface area contributed by atoms with Crippen molar-refractivity contribution in [3.05, 3.63) is 33.9 Å². The second-order valence-corrected chi connectivity index (χ2v) is 5.40. The third-order valence-electron chi connectivity index (χ3n) is 3.92. The van der Waals surface area contributed by atoms with Gasteiger partial charge in [-0.1, -0.05) is 25.7 Å². The Kier molecular flexibility index (Phi) is 5.14. The Hall–Kier alpha value is -2.11. The minimum absolute atomic E-state index is 0.0245. The van der Waals surface area contributed by atoms with Crippen molar-refractivity contribution in [2.45, 2.75) is 44.6 Å². The van der Waals surface area contributed by atoms with Crippen LogP contribution in [0.3, 0.4) is 0 Å². The zero-order valence-corrected chi connectivity index (χ0v) is 12.2. The quantitative estimate of drug-likeness (QED) is 0.507. The lowest BCUT2D eigenvalue weighted by molar-refractivity contribution is -0.383. The van der Waals surface area contributed by atoms with Gasteiger partial charge in [0, 0.05) is 24.7 Å². The Bertz CT molecular complexity index is 523. The number of carbonyl (C=O) groups excluding carboxylic acids is 1. The molecule has 0 heterocycles. The maximum absolute atomic E-state index is 12.3. The van der Waals surface area contributed by atoms with Crippen LogP contribution in [-0.2, 0) is 0 Å². The number of nitro benzene ring substituents is 1. The van der Waals surface area contributed by atoms with Crippen LogP contribution < -0.4 is 10.6 Å². The largest absolute Gasteiger partial charge is 0.383 e. The molecule has 0 aromatic heterocycles. The molecule has 6 heteroatoms. The van der Waals surface area contributed by atoms with Crippen molar-refractivity contribution in [1.82, 2.24) is 5.32 Å². The lowest BCUT2D eigenvalue weighted by Crippen LogP contribution is -2.34. The van der Waals surface area contributed by atoms with Crippen molar-refractivity contribution in [2.75, 3.05) is 12.4 Å². The standard InChI is InChI=1S/C15H21N3O3/c1-16-13-10-11(8-9-14(13)18(20)21)15(19)17-12-6-4-2-3-5-7-12/h8-10,12,16H,2-7H2,1H3,(H,17,19). The normalized spacial score (nSPS) is 16.0. The number of carbonyl (C=O) groups is 1. The molecule has 2 rings (SSSR count). The molecule has 2 N–H and O–H groups in total. The van der Waals surface area contributed by atoms with Crippen molar-refractivity contribution < 1.29 is 9.72 Å². The number of nitro groups is 1. The molecule has 21 heavy (non-hydrogen) atoms. The lowest BCUT2D eigenvalue weighted by atomic mass is 10.1. The highest BCUT2D eigenvalue weighted by Crippen LogP contribution is 2.25. The summed E-state index contributed by atoms with van der Waals surface area (Å²) in [5, 5.41) is 16.7. The molecule has 1 aliphatic carbocycles. The van der Waals surface area contributed by atoms with Gasteiger partial charge in [0.2, 0.25) is 0 Å². The summed E-state index contributed by atoms with van der Waals surface area (Å²) < 4.78 is 0. The number of hydrogen-bond donors (Lipinski definition) is 2. The molecule has 1 aromatic carbocycles. The molecule has 0 radical (unpaired) electrons. The molecule has 0 saturated heterocycles. The second-order valence-electron chi connectivity index (χ2n) is 5.40. The van der Waals surface area contributed by atoms with Gasteiger partial charge in [0.1, 0.15) is 5.69 Å². The number of amides is 1. The van der Waals surface area contributed by atoms with Crippen molar-refractivity contribution >= 4 is 17.3 Å². The van der Waals surface area contributed by atoms with Gasteiger partial charge in [0.05, 0.1) is 4.92 Å². The Balaban J connectivity index is 2.09. The third-order valence-corrected chi connectivity index (χ3v) is 3.92. The first-order valence-electron chi connectivity index (χ1n) is 7.39. The molecule has 1 aromatic rings. The van der Waals surface area contributed by atoms with Gasteiger partial charge in [-0.2, -0.15) is 0 Å². The average molecular weight is 291 g/mol. The summed E-state index contributed by atoms with van der Waals surface area (Å²) in [7, 11) is 1.61. The van der Waals surface area contributed by atoms with E-state index in [0.29, 0.717) is 11.3 Å².